The smallest absolute Gasteiger partial charge is 0.332 e. The van der Waals surface area contributed by atoms with Gasteiger partial charge < -0.3 is 18.9 Å². The summed E-state index contributed by atoms with van der Waals surface area (Å²) in [7, 11) is 3.13. The molecule has 0 atom stereocenters. The molecule has 174 valence electrons. The van der Waals surface area contributed by atoms with E-state index < -0.39 is 11.6 Å². The first-order valence-corrected chi connectivity index (χ1v) is 10.5. The number of urea groups is 1. The predicted molar refractivity (Wildman–Crippen MR) is 119 cm³/mol. The molecule has 0 unspecified atom stereocenters. The van der Waals surface area contributed by atoms with Crippen molar-refractivity contribution in [3.63, 3.8) is 0 Å². The number of carbonyl (C=O) groups is 2. The lowest BCUT2D eigenvalue weighted by Gasteiger charge is -2.28. The summed E-state index contributed by atoms with van der Waals surface area (Å²) in [5, 5.41) is 8.29. The van der Waals surface area contributed by atoms with Gasteiger partial charge in [0.1, 0.15) is 22.8 Å². The molecule has 0 bridgehead atoms. The molecule has 1 fully saturated rings. The first kappa shape index (κ1) is 22.4. The highest BCUT2D eigenvalue weighted by Gasteiger charge is 2.52. The lowest BCUT2D eigenvalue weighted by Crippen LogP contribution is -2.43. The van der Waals surface area contributed by atoms with E-state index >= 15 is 0 Å². The van der Waals surface area contributed by atoms with E-state index in [2.05, 4.69) is 10.3 Å². The number of rotatable bonds is 7. The van der Waals surface area contributed by atoms with Gasteiger partial charge in [-0.3, -0.25) is 9.48 Å². The maximum atomic E-state index is 13.4. The number of carbonyl (C=O) groups excluding carboxylic acids is 2. The largest absolute Gasteiger partial charge is 0.497 e. The number of aromatic nitrogens is 3. The van der Waals surface area contributed by atoms with Crippen LogP contribution < -0.4 is 14.4 Å². The number of benzene rings is 1. The quantitative estimate of drug-likeness (QED) is 0.506. The molecule has 0 aliphatic carbocycles. The molecule has 3 heterocycles. The second kappa shape index (κ2) is 8.27. The standard InChI is InChI=1S/C23H27N5O5/c1-14-20(15(2)33-25-14)13-26-12-17(10-24-26)28-21(29)23(3,4)27(22(28)30)11-16-7-18(31-5)9-19(8-16)32-6/h7-10,12H,11,13H2,1-6H3. The van der Waals surface area contributed by atoms with E-state index in [1.54, 1.807) is 45.0 Å². The Labute approximate surface area is 191 Å². The Hall–Kier alpha value is -3.82. The highest BCUT2D eigenvalue weighted by atomic mass is 16.5. The number of hydrogen-bond acceptors (Lipinski definition) is 7. The first-order valence-electron chi connectivity index (χ1n) is 10.5. The monoisotopic (exact) mass is 453 g/mol. The third-order valence-corrected chi connectivity index (χ3v) is 5.95. The van der Waals surface area contributed by atoms with Crippen LogP contribution in [0.3, 0.4) is 0 Å². The van der Waals surface area contributed by atoms with Gasteiger partial charge in [0.05, 0.1) is 38.3 Å². The molecule has 1 aliphatic heterocycles. The van der Waals surface area contributed by atoms with E-state index in [0.29, 0.717) is 29.5 Å². The van der Waals surface area contributed by atoms with Crippen LogP contribution in [0.1, 0.15) is 36.4 Å². The van der Waals surface area contributed by atoms with E-state index in [4.69, 9.17) is 14.0 Å². The Morgan fingerprint density at radius 2 is 1.70 bits per heavy atom. The lowest BCUT2D eigenvalue weighted by molar-refractivity contribution is -0.123. The summed E-state index contributed by atoms with van der Waals surface area (Å²) in [4.78, 5) is 29.4. The summed E-state index contributed by atoms with van der Waals surface area (Å²) < 4.78 is 17.5. The maximum Gasteiger partial charge on any atom is 0.332 e. The highest BCUT2D eigenvalue weighted by Crippen LogP contribution is 2.34. The Morgan fingerprint density at radius 3 is 2.27 bits per heavy atom. The third kappa shape index (κ3) is 3.92. The van der Waals surface area contributed by atoms with Gasteiger partial charge in [-0.1, -0.05) is 5.16 Å². The van der Waals surface area contributed by atoms with Crippen LogP contribution in [0.5, 0.6) is 11.5 Å². The zero-order valence-corrected chi connectivity index (χ0v) is 19.6. The number of aryl methyl sites for hydroxylation is 2. The van der Waals surface area contributed by atoms with E-state index in [1.807, 2.05) is 26.0 Å². The summed E-state index contributed by atoms with van der Waals surface area (Å²) in [6, 6.07) is 4.98. The van der Waals surface area contributed by atoms with Gasteiger partial charge in [0.25, 0.3) is 5.91 Å². The van der Waals surface area contributed by atoms with Crippen molar-refractivity contribution in [1.29, 1.82) is 0 Å². The van der Waals surface area contributed by atoms with Gasteiger partial charge in [-0.05, 0) is 45.4 Å². The molecule has 0 radical (unpaired) electrons. The average molecular weight is 453 g/mol. The van der Waals surface area contributed by atoms with Crippen molar-refractivity contribution in [2.24, 2.45) is 0 Å². The normalized spacial score (nSPS) is 15.5. The van der Waals surface area contributed by atoms with Crippen LogP contribution in [0.25, 0.3) is 0 Å². The molecular formula is C23H27N5O5. The molecule has 0 N–H and O–H groups in total. The van der Waals surface area contributed by atoms with Crippen LogP contribution >= 0.6 is 0 Å². The van der Waals surface area contributed by atoms with Gasteiger partial charge in [-0.2, -0.15) is 5.10 Å². The molecule has 1 aromatic carbocycles. The first-order chi connectivity index (χ1) is 15.6. The number of ether oxygens (including phenoxy) is 2. The van der Waals surface area contributed by atoms with Crippen LogP contribution in [-0.2, 0) is 17.9 Å². The van der Waals surface area contributed by atoms with Gasteiger partial charge >= 0.3 is 6.03 Å². The Kier molecular flexibility index (Phi) is 5.61. The van der Waals surface area contributed by atoms with Crippen molar-refractivity contribution < 1.29 is 23.6 Å². The highest BCUT2D eigenvalue weighted by molar-refractivity contribution is 6.22. The minimum absolute atomic E-state index is 0.217. The van der Waals surface area contributed by atoms with Gasteiger partial charge in [0.2, 0.25) is 0 Å². The molecule has 10 nitrogen and oxygen atoms in total. The summed E-state index contributed by atoms with van der Waals surface area (Å²) in [6.07, 6.45) is 3.19. The van der Waals surface area contributed by atoms with E-state index in [9.17, 15) is 9.59 Å². The molecule has 10 heteroatoms. The molecule has 3 amide bonds. The van der Waals surface area contributed by atoms with Gasteiger partial charge in [0.15, 0.2) is 0 Å². The zero-order chi connectivity index (χ0) is 23.9. The van der Waals surface area contributed by atoms with Crippen LogP contribution in [0, 0.1) is 13.8 Å². The van der Waals surface area contributed by atoms with E-state index in [-0.39, 0.29) is 12.5 Å². The van der Waals surface area contributed by atoms with E-state index in [0.717, 1.165) is 16.8 Å². The Balaban J connectivity index is 1.60. The van der Waals surface area contributed by atoms with Crippen molar-refractivity contribution in [3.8, 4) is 11.5 Å². The topological polar surface area (TPSA) is 103 Å². The number of hydrogen-bond donors (Lipinski definition) is 0. The fourth-order valence-electron chi connectivity index (χ4n) is 3.91. The molecule has 1 aliphatic rings. The van der Waals surface area contributed by atoms with Crippen molar-refractivity contribution in [2.75, 3.05) is 19.1 Å². The Morgan fingerprint density at radius 1 is 1.03 bits per heavy atom. The van der Waals surface area contributed by atoms with Gasteiger partial charge in [-0.25, -0.2) is 9.69 Å². The summed E-state index contributed by atoms with van der Waals surface area (Å²) in [6.45, 7) is 7.81. The van der Waals surface area contributed by atoms with Gasteiger partial charge in [0, 0.05) is 24.4 Å². The molecule has 3 aromatic rings. The van der Waals surface area contributed by atoms with Crippen LogP contribution in [0.4, 0.5) is 10.5 Å². The number of imide groups is 1. The molecule has 0 spiro atoms. The fraction of sp³-hybridized carbons (Fsp3) is 0.391. The molecule has 2 aromatic heterocycles. The van der Waals surface area contributed by atoms with Gasteiger partial charge in [-0.15, -0.1) is 0 Å². The molecule has 4 rings (SSSR count). The second-order valence-corrected chi connectivity index (χ2v) is 8.49. The van der Waals surface area contributed by atoms with Crippen molar-refractivity contribution >= 4 is 17.6 Å². The summed E-state index contributed by atoms with van der Waals surface area (Å²) in [5.41, 5.74) is 1.85. The SMILES string of the molecule is COc1cc(CN2C(=O)N(c3cnn(Cc4c(C)noc4C)c3)C(=O)C2(C)C)cc(OC)c1. The molecule has 0 saturated carbocycles. The Bertz CT molecular complexity index is 1170. The number of methoxy groups -OCH3 is 2. The van der Waals surface area contributed by atoms with Crippen LogP contribution in [0.2, 0.25) is 0 Å². The number of nitrogens with zero attached hydrogens (tertiary/aromatic N) is 5. The second-order valence-electron chi connectivity index (χ2n) is 8.49. The van der Waals surface area contributed by atoms with Crippen LogP contribution in [-0.4, -0.2) is 51.5 Å². The van der Waals surface area contributed by atoms with E-state index in [1.165, 1.54) is 16.0 Å². The molecule has 33 heavy (non-hydrogen) atoms. The zero-order valence-electron chi connectivity index (χ0n) is 19.6. The molecule has 1 saturated heterocycles. The number of amides is 3. The van der Waals surface area contributed by atoms with Crippen molar-refractivity contribution in [3.05, 3.63) is 53.2 Å². The lowest BCUT2D eigenvalue weighted by atomic mass is 10.0. The minimum Gasteiger partial charge on any atom is -0.497 e. The average Bonchev–Trinajstić information content (AvgIpc) is 3.42. The molecular weight excluding hydrogens is 426 g/mol. The van der Waals surface area contributed by atoms with Crippen molar-refractivity contribution in [1.82, 2.24) is 19.8 Å². The number of anilines is 1. The summed E-state index contributed by atoms with van der Waals surface area (Å²) >= 11 is 0. The minimum atomic E-state index is -1.04. The third-order valence-electron chi connectivity index (χ3n) is 5.95. The maximum absolute atomic E-state index is 13.4. The predicted octanol–water partition coefficient (Wildman–Crippen LogP) is 3.30. The fourth-order valence-corrected chi connectivity index (χ4v) is 3.91. The summed E-state index contributed by atoms with van der Waals surface area (Å²) in [5.74, 6) is 1.60. The van der Waals surface area contributed by atoms with Crippen molar-refractivity contribution in [2.45, 2.75) is 46.3 Å². The van der Waals surface area contributed by atoms with Crippen LogP contribution in [0.15, 0.2) is 35.1 Å².